The molecule has 0 fully saturated rings. The molecule has 0 radical (unpaired) electrons. The van der Waals surface area contributed by atoms with Gasteiger partial charge in [-0.05, 0) is 36.7 Å². The average Bonchev–Trinajstić information content (AvgIpc) is 2.43. The lowest BCUT2D eigenvalue weighted by Gasteiger charge is -2.05. The summed E-state index contributed by atoms with van der Waals surface area (Å²) in [6.07, 6.45) is 7.53. The normalized spacial score (nSPS) is 11.8. The first kappa shape index (κ1) is 16.0. The van der Waals surface area contributed by atoms with Crippen LogP contribution in [0, 0.1) is 0 Å². The molecule has 1 rings (SSSR count). The van der Waals surface area contributed by atoms with E-state index in [1.54, 1.807) is 11.8 Å². The molecule has 0 spiro atoms. The van der Waals surface area contributed by atoms with Crippen molar-refractivity contribution in [3.05, 3.63) is 53.6 Å². The van der Waals surface area contributed by atoms with Crippen LogP contribution in [-0.4, -0.2) is 16.7 Å². The molecule has 0 unspecified atom stereocenters. The molecule has 1 nitrogen and oxygen atoms in total. The Labute approximate surface area is 125 Å². The molecule has 0 saturated heterocycles. The van der Waals surface area contributed by atoms with Crippen LogP contribution in [0.3, 0.4) is 0 Å². The highest BCUT2D eigenvalue weighted by Gasteiger charge is 1.99. The Morgan fingerprint density at radius 3 is 2.63 bits per heavy atom. The van der Waals surface area contributed by atoms with Crippen LogP contribution >= 0.6 is 24.0 Å². The van der Waals surface area contributed by atoms with Gasteiger partial charge >= 0.3 is 0 Å². The van der Waals surface area contributed by atoms with Gasteiger partial charge in [0.05, 0.1) is 6.61 Å². The van der Waals surface area contributed by atoms with Crippen molar-refractivity contribution in [3.63, 3.8) is 0 Å². The highest BCUT2D eigenvalue weighted by Crippen LogP contribution is 2.14. The fourth-order valence-corrected chi connectivity index (χ4v) is 2.50. The van der Waals surface area contributed by atoms with Gasteiger partial charge in [-0.2, -0.15) is 0 Å². The van der Waals surface area contributed by atoms with Gasteiger partial charge in [-0.25, -0.2) is 0 Å². The quantitative estimate of drug-likeness (QED) is 0.534. The summed E-state index contributed by atoms with van der Waals surface area (Å²) in [5.74, 6) is 0.857. The number of ether oxygens (including phenoxy) is 1. The predicted molar refractivity (Wildman–Crippen MR) is 90.5 cm³/mol. The van der Waals surface area contributed by atoms with Crippen LogP contribution in [0.1, 0.15) is 25.8 Å². The first-order valence-corrected chi connectivity index (χ1v) is 7.87. The van der Waals surface area contributed by atoms with Crippen molar-refractivity contribution in [2.45, 2.75) is 20.3 Å². The fraction of sp³-hybridized carbons (Fsp3) is 0.312. The van der Waals surface area contributed by atoms with E-state index in [0.717, 1.165) is 12.2 Å². The van der Waals surface area contributed by atoms with Gasteiger partial charge in [-0.3, -0.25) is 0 Å². The smallest absolute Gasteiger partial charge is 0.220 e. The van der Waals surface area contributed by atoms with Gasteiger partial charge in [0.15, 0.2) is 0 Å². The molecule has 3 heteroatoms. The Kier molecular flexibility index (Phi) is 8.26. The molecule has 1 aromatic carbocycles. The molecule has 0 aromatic heterocycles. The lowest BCUT2D eigenvalue weighted by Crippen LogP contribution is -1.97. The topological polar surface area (TPSA) is 9.23 Å². The standard InChI is InChI=1S/C16H20OS2/c1-3-8-15(13-19-16(18)17-4-2)12-11-14-9-6-5-7-10-14/h5-12H,3-4,13H2,1-2H3/b12-11-,15-8+. The van der Waals surface area contributed by atoms with Crippen molar-refractivity contribution in [1.29, 1.82) is 0 Å². The first-order valence-electron chi connectivity index (χ1n) is 6.48. The third-order valence-electron chi connectivity index (χ3n) is 2.37. The van der Waals surface area contributed by atoms with Gasteiger partial charge in [0.2, 0.25) is 4.38 Å². The lowest BCUT2D eigenvalue weighted by molar-refractivity contribution is 0.346. The highest BCUT2D eigenvalue weighted by molar-refractivity contribution is 8.22. The van der Waals surface area contributed by atoms with Gasteiger partial charge in [0.25, 0.3) is 0 Å². The summed E-state index contributed by atoms with van der Waals surface area (Å²) in [5.41, 5.74) is 2.49. The van der Waals surface area contributed by atoms with E-state index in [2.05, 4.69) is 37.3 Å². The number of thioether (sulfide) groups is 1. The molecule has 102 valence electrons. The summed E-state index contributed by atoms with van der Waals surface area (Å²) in [7, 11) is 0. The van der Waals surface area contributed by atoms with Crippen molar-refractivity contribution in [2.75, 3.05) is 12.4 Å². The summed E-state index contributed by atoms with van der Waals surface area (Å²) in [6.45, 7) is 4.73. The molecular weight excluding hydrogens is 272 g/mol. The van der Waals surface area contributed by atoms with Crippen LogP contribution in [0.2, 0.25) is 0 Å². The number of thiocarbonyl (C=S) groups is 1. The minimum absolute atomic E-state index is 0.623. The number of hydrogen-bond acceptors (Lipinski definition) is 3. The second-order valence-electron chi connectivity index (χ2n) is 3.90. The van der Waals surface area contributed by atoms with Crippen LogP contribution in [-0.2, 0) is 4.74 Å². The molecule has 0 atom stereocenters. The number of allylic oxidation sites excluding steroid dienone is 2. The fourth-order valence-electron chi connectivity index (χ4n) is 1.51. The summed E-state index contributed by atoms with van der Waals surface area (Å²) in [6, 6.07) is 10.3. The van der Waals surface area contributed by atoms with Crippen molar-refractivity contribution >= 4 is 34.4 Å². The monoisotopic (exact) mass is 292 g/mol. The maximum atomic E-state index is 5.28. The maximum Gasteiger partial charge on any atom is 0.220 e. The van der Waals surface area contributed by atoms with Crippen LogP contribution in [0.25, 0.3) is 6.08 Å². The van der Waals surface area contributed by atoms with E-state index in [1.807, 2.05) is 25.1 Å². The van der Waals surface area contributed by atoms with Gasteiger partial charge in [0, 0.05) is 5.75 Å². The van der Waals surface area contributed by atoms with Crippen LogP contribution in [0.5, 0.6) is 0 Å². The van der Waals surface area contributed by atoms with Crippen LogP contribution < -0.4 is 0 Å². The molecule has 0 N–H and O–H groups in total. The van der Waals surface area contributed by atoms with Crippen molar-refractivity contribution in [1.82, 2.24) is 0 Å². The zero-order chi connectivity index (χ0) is 13.9. The molecule has 0 amide bonds. The zero-order valence-corrected chi connectivity index (χ0v) is 13.1. The zero-order valence-electron chi connectivity index (χ0n) is 11.5. The average molecular weight is 292 g/mol. The molecular formula is C16H20OS2. The van der Waals surface area contributed by atoms with E-state index in [4.69, 9.17) is 17.0 Å². The third-order valence-corrected chi connectivity index (χ3v) is 3.68. The molecule has 0 aliphatic carbocycles. The van der Waals surface area contributed by atoms with Gasteiger partial charge in [-0.15, -0.1) is 0 Å². The van der Waals surface area contributed by atoms with E-state index in [-0.39, 0.29) is 0 Å². The maximum absolute atomic E-state index is 5.28. The number of benzene rings is 1. The molecule has 0 bridgehead atoms. The second kappa shape index (κ2) is 9.82. The lowest BCUT2D eigenvalue weighted by atomic mass is 10.1. The van der Waals surface area contributed by atoms with Crippen LogP contribution in [0.15, 0.2) is 48.1 Å². The minimum Gasteiger partial charge on any atom is -0.479 e. The summed E-state index contributed by atoms with van der Waals surface area (Å²) in [4.78, 5) is 0. The summed E-state index contributed by atoms with van der Waals surface area (Å²) < 4.78 is 5.90. The van der Waals surface area contributed by atoms with E-state index >= 15 is 0 Å². The number of hydrogen-bond donors (Lipinski definition) is 0. The van der Waals surface area contributed by atoms with Gasteiger partial charge in [0.1, 0.15) is 0 Å². The van der Waals surface area contributed by atoms with E-state index in [9.17, 15) is 0 Å². The van der Waals surface area contributed by atoms with Crippen molar-refractivity contribution in [3.8, 4) is 0 Å². The Bertz CT molecular complexity index is 435. The van der Waals surface area contributed by atoms with Gasteiger partial charge < -0.3 is 4.74 Å². The molecule has 0 saturated carbocycles. The highest BCUT2D eigenvalue weighted by atomic mass is 32.2. The van der Waals surface area contributed by atoms with E-state index < -0.39 is 0 Å². The second-order valence-corrected chi connectivity index (χ2v) is 5.48. The molecule has 0 heterocycles. The van der Waals surface area contributed by atoms with Crippen molar-refractivity contribution < 1.29 is 4.74 Å². The Morgan fingerprint density at radius 2 is 2.00 bits per heavy atom. The SMILES string of the molecule is CC/C=C(\C=C/c1ccccc1)CSC(=S)OCC. The number of rotatable bonds is 6. The Morgan fingerprint density at radius 1 is 1.26 bits per heavy atom. The Balaban J connectivity index is 2.56. The minimum atomic E-state index is 0.623. The van der Waals surface area contributed by atoms with Gasteiger partial charge in [-0.1, -0.05) is 67.2 Å². The largest absolute Gasteiger partial charge is 0.479 e. The first-order chi connectivity index (χ1) is 9.26. The molecule has 19 heavy (non-hydrogen) atoms. The van der Waals surface area contributed by atoms with E-state index in [1.165, 1.54) is 11.1 Å². The summed E-state index contributed by atoms with van der Waals surface area (Å²) in [5, 5.41) is 0. The van der Waals surface area contributed by atoms with Crippen molar-refractivity contribution in [2.24, 2.45) is 0 Å². The molecule has 1 aromatic rings. The summed E-state index contributed by atoms with van der Waals surface area (Å²) >= 11 is 6.70. The Hall–Kier alpha value is -1.06. The molecule has 0 aliphatic heterocycles. The van der Waals surface area contributed by atoms with Crippen LogP contribution in [0.4, 0.5) is 0 Å². The van der Waals surface area contributed by atoms with E-state index in [0.29, 0.717) is 11.0 Å². The molecule has 0 aliphatic rings. The third kappa shape index (κ3) is 7.19. The predicted octanol–water partition coefficient (Wildman–Crippen LogP) is 5.09.